The van der Waals surface area contributed by atoms with Gasteiger partial charge in [-0.15, -0.1) is 0 Å². The Morgan fingerprint density at radius 1 is 1.47 bits per heavy atom. The first kappa shape index (κ1) is 13.6. The van der Waals surface area contributed by atoms with Crippen molar-refractivity contribution in [3.8, 4) is 0 Å². The summed E-state index contributed by atoms with van der Waals surface area (Å²) in [6.07, 6.45) is 0.204. The molecule has 1 unspecified atom stereocenters. The van der Waals surface area contributed by atoms with E-state index in [1.807, 2.05) is 0 Å². The van der Waals surface area contributed by atoms with Crippen LogP contribution in [-0.4, -0.2) is 29.2 Å². The van der Waals surface area contributed by atoms with Crippen molar-refractivity contribution in [2.75, 3.05) is 6.61 Å². The average Bonchev–Trinajstić information content (AvgIpc) is 2.17. The molecule has 0 saturated heterocycles. The highest BCUT2D eigenvalue weighted by molar-refractivity contribution is 5.89. The minimum absolute atomic E-state index is 0.0904. The average molecular weight is 215 g/mol. The fourth-order valence-corrected chi connectivity index (χ4v) is 1.07. The number of carbonyl (C=O) groups excluding carboxylic acids is 1. The van der Waals surface area contributed by atoms with Crippen LogP contribution in [0.4, 0.5) is 0 Å². The zero-order valence-corrected chi connectivity index (χ0v) is 9.08. The first-order valence-electron chi connectivity index (χ1n) is 4.74. The molecule has 0 saturated carbocycles. The second kappa shape index (κ2) is 5.50. The summed E-state index contributed by atoms with van der Waals surface area (Å²) >= 11 is 0. The van der Waals surface area contributed by atoms with E-state index in [9.17, 15) is 9.59 Å². The van der Waals surface area contributed by atoms with E-state index in [-0.39, 0.29) is 18.6 Å². The monoisotopic (exact) mass is 215 g/mol. The quantitative estimate of drug-likeness (QED) is 0.502. The Bertz CT molecular complexity index is 275. The normalized spacial score (nSPS) is 14.1. The van der Waals surface area contributed by atoms with Crippen LogP contribution in [-0.2, 0) is 14.3 Å². The predicted octanol–water partition coefficient (Wildman–Crippen LogP) is 0.688. The molecule has 0 aromatic rings. The maximum absolute atomic E-state index is 11.5. The Morgan fingerprint density at radius 2 is 2.00 bits per heavy atom. The van der Waals surface area contributed by atoms with E-state index in [1.165, 1.54) is 0 Å². The molecular formula is C10H17NO4. The lowest BCUT2D eigenvalue weighted by Gasteiger charge is -2.25. The molecule has 15 heavy (non-hydrogen) atoms. The van der Waals surface area contributed by atoms with Crippen LogP contribution in [0.15, 0.2) is 12.2 Å². The molecule has 3 N–H and O–H groups in total. The molecule has 0 heterocycles. The van der Waals surface area contributed by atoms with Crippen LogP contribution in [0, 0.1) is 0 Å². The number of ether oxygens (including phenoxy) is 1. The molecule has 86 valence electrons. The third kappa shape index (κ3) is 3.71. The first-order chi connectivity index (χ1) is 6.87. The first-order valence-corrected chi connectivity index (χ1v) is 4.74. The van der Waals surface area contributed by atoms with Crippen molar-refractivity contribution in [1.82, 2.24) is 0 Å². The molecule has 0 bridgehead atoms. The number of carboxylic acid groups (broad SMARTS) is 1. The van der Waals surface area contributed by atoms with Gasteiger partial charge in [0.15, 0.2) is 0 Å². The van der Waals surface area contributed by atoms with Crippen molar-refractivity contribution in [3.05, 3.63) is 12.2 Å². The van der Waals surface area contributed by atoms with Crippen LogP contribution in [0.25, 0.3) is 0 Å². The molecule has 0 rings (SSSR count). The summed E-state index contributed by atoms with van der Waals surface area (Å²) < 4.78 is 4.78. The van der Waals surface area contributed by atoms with Gasteiger partial charge in [-0.1, -0.05) is 13.5 Å². The molecule has 5 heteroatoms. The van der Waals surface area contributed by atoms with E-state index in [0.717, 1.165) is 0 Å². The number of rotatable bonds is 6. The second-order valence-corrected chi connectivity index (χ2v) is 3.32. The largest absolute Gasteiger partial charge is 0.478 e. The van der Waals surface area contributed by atoms with Gasteiger partial charge < -0.3 is 15.6 Å². The number of nitrogens with two attached hydrogens (primary N) is 1. The van der Waals surface area contributed by atoms with E-state index in [4.69, 9.17) is 15.6 Å². The summed E-state index contributed by atoms with van der Waals surface area (Å²) in [7, 11) is 0. The number of hydrogen-bond acceptors (Lipinski definition) is 4. The van der Waals surface area contributed by atoms with E-state index < -0.39 is 17.5 Å². The summed E-state index contributed by atoms with van der Waals surface area (Å²) in [5.41, 5.74) is 4.39. The van der Waals surface area contributed by atoms with Crippen molar-refractivity contribution in [3.63, 3.8) is 0 Å². The number of aliphatic carboxylic acids is 1. The lowest BCUT2D eigenvalue weighted by atomic mass is 9.89. The zero-order valence-electron chi connectivity index (χ0n) is 9.08. The Balaban J connectivity index is 4.63. The number of esters is 1. The Hall–Kier alpha value is -1.36. The maximum atomic E-state index is 11.5. The molecule has 0 aromatic carbocycles. The van der Waals surface area contributed by atoms with Crippen LogP contribution < -0.4 is 5.73 Å². The summed E-state index contributed by atoms with van der Waals surface area (Å²) in [4.78, 5) is 22.0. The van der Waals surface area contributed by atoms with Gasteiger partial charge in [-0.3, -0.25) is 4.79 Å². The highest BCUT2D eigenvalue weighted by Crippen LogP contribution is 2.18. The van der Waals surface area contributed by atoms with Gasteiger partial charge in [-0.25, -0.2) is 4.79 Å². The summed E-state index contributed by atoms with van der Waals surface area (Å²) in [6.45, 7) is 6.93. The van der Waals surface area contributed by atoms with Gasteiger partial charge in [0.1, 0.15) is 5.54 Å². The third-order valence-electron chi connectivity index (χ3n) is 2.14. The fourth-order valence-electron chi connectivity index (χ4n) is 1.07. The van der Waals surface area contributed by atoms with Crippen molar-refractivity contribution < 1.29 is 19.4 Å². The third-order valence-corrected chi connectivity index (χ3v) is 2.14. The van der Waals surface area contributed by atoms with Crippen molar-refractivity contribution in [2.24, 2.45) is 5.73 Å². The van der Waals surface area contributed by atoms with Crippen molar-refractivity contribution in [2.45, 2.75) is 32.2 Å². The smallest absolute Gasteiger partial charge is 0.331 e. The minimum Gasteiger partial charge on any atom is -0.478 e. The highest BCUT2D eigenvalue weighted by atomic mass is 16.5. The van der Waals surface area contributed by atoms with Crippen LogP contribution in [0.5, 0.6) is 0 Å². The molecule has 0 radical (unpaired) electrons. The van der Waals surface area contributed by atoms with Crippen LogP contribution in [0.1, 0.15) is 26.7 Å². The van der Waals surface area contributed by atoms with Crippen LogP contribution >= 0.6 is 0 Å². The summed E-state index contributed by atoms with van der Waals surface area (Å²) in [6, 6.07) is 0. The van der Waals surface area contributed by atoms with Gasteiger partial charge >= 0.3 is 11.9 Å². The molecule has 1 atom stereocenters. The van der Waals surface area contributed by atoms with E-state index in [1.54, 1.807) is 13.8 Å². The van der Waals surface area contributed by atoms with E-state index in [2.05, 4.69) is 6.58 Å². The van der Waals surface area contributed by atoms with Gasteiger partial charge in [-0.05, 0) is 13.3 Å². The van der Waals surface area contributed by atoms with E-state index in [0.29, 0.717) is 6.42 Å². The highest BCUT2D eigenvalue weighted by Gasteiger charge is 2.35. The molecule has 0 aliphatic heterocycles. The van der Waals surface area contributed by atoms with Gasteiger partial charge in [0, 0.05) is 12.0 Å². The molecule has 0 aromatic heterocycles. The molecule has 0 amide bonds. The number of hydrogen-bond donors (Lipinski definition) is 2. The maximum Gasteiger partial charge on any atom is 0.331 e. The molecule has 0 aliphatic carbocycles. The lowest BCUT2D eigenvalue weighted by Crippen LogP contribution is -2.49. The number of carboxylic acids is 1. The summed E-state index contributed by atoms with van der Waals surface area (Å²) in [5, 5.41) is 8.65. The number of carbonyl (C=O) groups is 2. The fraction of sp³-hybridized carbons (Fsp3) is 0.600. The van der Waals surface area contributed by atoms with Crippen molar-refractivity contribution >= 4 is 11.9 Å². The summed E-state index contributed by atoms with van der Waals surface area (Å²) in [5.74, 6) is -1.74. The Kier molecular flexibility index (Phi) is 5.00. The second-order valence-electron chi connectivity index (χ2n) is 3.32. The molecule has 0 spiro atoms. The van der Waals surface area contributed by atoms with Gasteiger partial charge in [0.05, 0.1) is 6.61 Å². The molecule has 0 aliphatic rings. The lowest BCUT2D eigenvalue weighted by molar-refractivity contribution is -0.149. The van der Waals surface area contributed by atoms with Crippen molar-refractivity contribution in [1.29, 1.82) is 0 Å². The van der Waals surface area contributed by atoms with Gasteiger partial charge in [0.2, 0.25) is 0 Å². The van der Waals surface area contributed by atoms with Crippen LogP contribution in [0.3, 0.4) is 0 Å². The van der Waals surface area contributed by atoms with E-state index >= 15 is 0 Å². The van der Waals surface area contributed by atoms with Gasteiger partial charge in [-0.2, -0.15) is 0 Å². The van der Waals surface area contributed by atoms with Gasteiger partial charge in [0.25, 0.3) is 0 Å². The minimum atomic E-state index is -1.29. The SMILES string of the molecule is C=C(CC(N)(CC)C(=O)OCC)C(=O)O. The standard InChI is InChI=1S/C10H17NO4/c1-4-10(11,9(14)15-5-2)6-7(3)8(12)13/h3-6,11H2,1-2H3,(H,12,13). The predicted molar refractivity (Wildman–Crippen MR) is 55.2 cm³/mol. The zero-order chi connectivity index (χ0) is 12.1. The Morgan fingerprint density at radius 3 is 2.33 bits per heavy atom. The topological polar surface area (TPSA) is 89.6 Å². The Labute approximate surface area is 88.9 Å². The van der Waals surface area contributed by atoms with Crippen LogP contribution in [0.2, 0.25) is 0 Å². The molecular weight excluding hydrogens is 198 g/mol. The molecule has 5 nitrogen and oxygen atoms in total. The molecule has 0 fully saturated rings.